The number of hydrogen-bond acceptors (Lipinski definition) is 7. The van der Waals surface area contributed by atoms with Gasteiger partial charge in [-0.25, -0.2) is 9.07 Å². The van der Waals surface area contributed by atoms with Crippen molar-refractivity contribution in [3.05, 3.63) is 106 Å². The highest BCUT2D eigenvalue weighted by atomic mass is 35.5. The fourth-order valence-corrected chi connectivity index (χ4v) is 4.66. The number of anilines is 3. The van der Waals surface area contributed by atoms with E-state index in [0.717, 1.165) is 4.68 Å². The Kier molecular flexibility index (Phi) is 8.17. The fraction of sp³-hybridized carbons (Fsp3) is 0.143. The zero-order chi connectivity index (χ0) is 30.0. The number of pyridine rings is 1. The number of benzene rings is 3. The average Bonchev–Trinajstić information content (AvgIpc) is 3.42. The fourth-order valence-electron chi connectivity index (χ4n) is 4.26. The SMILES string of the molecule is N#Cc1cnc2c(NC(c3ccccc3)c3cn(CC(O)C(F)(F)F)nn3)cc(Cl)cc2c1Nc1ccc(F)c(Cl)c1. The number of nitriles is 1. The number of hydrogen-bond donors (Lipinski definition) is 3. The van der Waals surface area contributed by atoms with E-state index in [4.69, 9.17) is 23.2 Å². The summed E-state index contributed by atoms with van der Waals surface area (Å²) in [4.78, 5) is 4.47. The Morgan fingerprint density at radius 1 is 1.07 bits per heavy atom. The molecule has 2 heterocycles. The lowest BCUT2D eigenvalue weighted by molar-refractivity contribution is -0.208. The van der Waals surface area contributed by atoms with E-state index in [1.165, 1.54) is 30.6 Å². The minimum atomic E-state index is -4.82. The molecule has 0 fully saturated rings. The van der Waals surface area contributed by atoms with Crippen molar-refractivity contribution >= 4 is 51.2 Å². The summed E-state index contributed by atoms with van der Waals surface area (Å²) in [5.74, 6) is -0.603. The van der Waals surface area contributed by atoms with Gasteiger partial charge in [-0.3, -0.25) is 4.98 Å². The predicted octanol–water partition coefficient (Wildman–Crippen LogP) is 7.01. The number of aromatic nitrogens is 4. The topological polar surface area (TPSA) is 112 Å². The van der Waals surface area contributed by atoms with Crippen LogP contribution < -0.4 is 10.6 Å². The minimum Gasteiger partial charge on any atom is -0.382 e. The average molecular weight is 616 g/mol. The molecular formula is C28H19Cl2F4N7O. The molecule has 0 radical (unpaired) electrons. The van der Waals surface area contributed by atoms with E-state index in [1.54, 1.807) is 42.5 Å². The maximum absolute atomic E-state index is 13.7. The lowest BCUT2D eigenvalue weighted by Gasteiger charge is -2.21. The molecule has 0 saturated heterocycles. The maximum Gasteiger partial charge on any atom is 0.416 e. The van der Waals surface area contributed by atoms with Crippen molar-refractivity contribution in [1.82, 2.24) is 20.0 Å². The lowest BCUT2D eigenvalue weighted by Crippen LogP contribution is -2.33. The van der Waals surface area contributed by atoms with Crippen LogP contribution in [0.3, 0.4) is 0 Å². The van der Waals surface area contributed by atoms with Crippen molar-refractivity contribution in [1.29, 1.82) is 5.26 Å². The van der Waals surface area contributed by atoms with Crippen molar-refractivity contribution in [2.75, 3.05) is 10.6 Å². The Bertz CT molecular complexity index is 1790. The van der Waals surface area contributed by atoms with Gasteiger partial charge in [0.2, 0.25) is 0 Å². The number of halogens is 6. The summed E-state index contributed by atoms with van der Waals surface area (Å²) in [6.45, 7) is -0.834. The Hall–Kier alpha value is -4.44. The van der Waals surface area contributed by atoms with Gasteiger partial charge < -0.3 is 15.7 Å². The van der Waals surface area contributed by atoms with Gasteiger partial charge >= 0.3 is 6.18 Å². The quantitative estimate of drug-likeness (QED) is 0.161. The molecular weight excluding hydrogens is 597 g/mol. The van der Waals surface area contributed by atoms with Gasteiger partial charge in [0.15, 0.2) is 6.10 Å². The molecule has 0 aliphatic carbocycles. The van der Waals surface area contributed by atoms with E-state index >= 15 is 0 Å². The van der Waals surface area contributed by atoms with Crippen molar-refractivity contribution in [3.8, 4) is 6.07 Å². The first-order valence-electron chi connectivity index (χ1n) is 12.2. The van der Waals surface area contributed by atoms with E-state index in [2.05, 4.69) is 32.0 Å². The van der Waals surface area contributed by atoms with Gasteiger partial charge in [-0.2, -0.15) is 18.4 Å². The normalized spacial score (nSPS) is 13.0. The molecule has 0 spiro atoms. The largest absolute Gasteiger partial charge is 0.416 e. The number of fused-ring (bicyclic) bond motifs is 1. The summed E-state index contributed by atoms with van der Waals surface area (Å²) in [5.41, 5.74) is 2.72. The van der Waals surface area contributed by atoms with Crippen LogP contribution in [-0.4, -0.2) is 37.4 Å². The number of alkyl halides is 3. The van der Waals surface area contributed by atoms with Gasteiger partial charge in [0.25, 0.3) is 0 Å². The second-order valence-electron chi connectivity index (χ2n) is 9.17. The van der Waals surface area contributed by atoms with Crippen LogP contribution in [0.15, 0.2) is 73.1 Å². The zero-order valence-corrected chi connectivity index (χ0v) is 22.8. The Morgan fingerprint density at radius 2 is 1.83 bits per heavy atom. The molecule has 0 bridgehead atoms. The summed E-state index contributed by atoms with van der Waals surface area (Å²) in [6.07, 6.45) is -4.77. The summed E-state index contributed by atoms with van der Waals surface area (Å²) in [5, 5.41) is 34.1. The van der Waals surface area contributed by atoms with Crippen molar-refractivity contribution in [2.45, 2.75) is 24.9 Å². The van der Waals surface area contributed by atoms with Gasteiger partial charge in [-0.05, 0) is 35.9 Å². The predicted molar refractivity (Wildman–Crippen MR) is 150 cm³/mol. The molecule has 3 N–H and O–H groups in total. The third-order valence-electron chi connectivity index (χ3n) is 6.27. The molecule has 2 aromatic heterocycles. The van der Waals surface area contributed by atoms with Crippen LogP contribution in [-0.2, 0) is 6.54 Å². The molecule has 2 unspecified atom stereocenters. The number of aliphatic hydroxyl groups is 1. The van der Waals surface area contributed by atoms with Crippen LogP contribution >= 0.6 is 23.2 Å². The monoisotopic (exact) mass is 615 g/mol. The third-order valence-corrected chi connectivity index (χ3v) is 6.78. The highest BCUT2D eigenvalue weighted by molar-refractivity contribution is 6.32. The molecule has 3 aromatic carbocycles. The summed E-state index contributed by atoms with van der Waals surface area (Å²) in [7, 11) is 0. The molecule has 5 rings (SSSR count). The number of nitrogens with zero attached hydrogens (tertiary/aromatic N) is 5. The van der Waals surface area contributed by atoms with Gasteiger partial charge in [-0.1, -0.05) is 58.7 Å². The molecule has 42 heavy (non-hydrogen) atoms. The number of aliphatic hydroxyl groups excluding tert-OH is 1. The van der Waals surface area contributed by atoms with E-state index in [-0.39, 0.29) is 21.3 Å². The number of rotatable bonds is 8. The lowest BCUT2D eigenvalue weighted by atomic mass is 10.0. The summed E-state index contributed by atoms with van der Waals surface area (Å²) >= 11 is 12.4. The van der Waals surface area contributed by atoms with Crippen LogP contribution in [0.4, 0.5) is 34.6 Å². The van der Waals surface area contributed by atoms with Gasteiger partial charge in [0.1, 0.15) is 17.6 Å². The van der Waals surface area contributed by atoms with Crippen LogP contribution in [0.25, 0.3) is 10.9 Å². The summed E-state index contributed by atoms with van der Waals surface area (Å²) < 4.78 is 53.4. The molecule has 0 aliphatic rings. The third kappa shape index (κ3) is 6.23. The van der Waals surface area contributed by atoms with Gasteiger partial charge in [0, 0.05) is 22.3 Å². The van der Waals surface area contributed by atoms with Crippen molar-refractivity contribution in [2.24, 2.45) is 0 Å². The molecule has 8 nitrogen and oxygen atoms in total. The highest BCUT2D eigenvalue weighted by Gasteiger charge is 2.38. The Balaban J connectivity index is 1.58. The van der Waals surface area contributed by atoms with E-state index in [1.807, 2.05) is 0 Å². The van der Waals surface area contributed by atoms with E-state index in [9.17, 15) is 27.9 Å². The Morgan fingerprint density at radius 3 is 2.52 bits per heavy atom. The first-order chi connectivity index (χ1) is 20.0. The van der Waals surface area contributed by atoms with Crippen molar-refractivity contribution in [3.63, 3.8) is 0 Å². The molecule has 0 saturated carbocycles. The van der Waals surface area contributed by atoms with Gasteiger partial charge in [0.05, 0.1) is 46.3 Å². The smallest absolute Gasteiger partial charge is 0.382 e. The highest BCUT2D eigenvalue weighted by Crippen LogP contribution is 2.37. The zero-order valence-electron chi connectivity index (χ0n) is 21.2. The molecule has 14 heteroatoms. The van der Waals surface area contributed by atoms with Crippen LogP contribution in [0.5, 0.6) is 0 Å². The second kappa shape index (κ2) is 11.8. The molecule has 0 amide bonds. The van der Waals surface area contributed by atoms with Crippen molar-refractivity contribution < 1.29 is 22.7 Å². The van der Waals surface area contributed by atoms with Gasteiger partial charge in [-0.15, -0.1) is 5.10 Å². The van der Waals surface area contributed by atoms with E-state index in [0.29, 0.717) is 33.5 Å². The standard InChI is InChI=1S/C28H19Cl2F4N7O/c29-17-8-19-25(37-18-6-7-21(31)20(30)10-18)16(11-35)12-36-27(19)22(9-17)38-26(15-4-2-1-3-5-15)23-13-41(40-39-23)14-24(42)28(32,33)34/h1-10,12-13,24,26,38,42H,14H2,(H,36,37). The molecule has 5 aromatic rings. The second-order valence-corrected chi connectivity index (χ2v) is 10.0. The van der Waals surface area contributed by atoms with Crippen LogP contribution in [0.1, 0.15) is 22.9 Å². The number of nitrogens with one attached hydrogen (secondary N) is 2. The first-order valence-corrected chi connectivity index (χ1v) is 13.0. The van der Waals surface area contributed by atoms with Crippen LogP contribution in [0, 0.1) is 17.1 Å². The minimum absolute atomic E-state index is 0.112. The summed E-state index contributed by atoms with van der Waals surface area (Å²) in [6, 6.07) is 17.5. The molecule has 2 atom stereocenters. The Labute approximate surface area is 246 Å². The maximum atomic E-state index is 13.7. The van der Waals surface area contributed by atoms with Crippen LogP contribution in [0.2, 0.25) is 10.0 Å². The molecule has 0 aliphatic heterocycles. The molecule has 214 valence electrons. The van der Waals surface area contributed by atoms with E-state index < -0.39 is 30.7 Å². The first kappa shape index (κ1) is 29.1.